The molecule has 0 aromatic heterocycles. The second-order valence-electron chi connectivity index (χ2n) is 5.68. The Labute approximate surface area is 149 Å². The zero-order valence-electron chi connectivity index (χ0n) is 14.1. The normalized spacial score (nSPS) is 11.1. The van der Waals surface area contributed by atoms with Crippen LogP contribution in [0.4, 0.5) is 13.2 Å². The predicted molar refractivity (Wildman–Crippen MR) is 89.4 cm³/mol. The summed E-state index contributed by atoms with van der Waals surface area (Å²) in [6, 6.07) is 11.5. The van der Waals surface area contributed by atoms with E-state index in [1.165, 1.54) is 12.1 Å². The van der Waals surface area contributed by atoms with Crippen LogP contribution >= 0.6 is 0 Å². The molecule has 0 saturated heterocycles. The standard InChI is InChI=1S/C19H18F3NO3/c1-13-4-2-3-5-16(13)18(25)23-11-10-17(24)26-12-14-6-8-15(9-7-14)19(20,21)22/h2-9H,10-12H2,1H3,(H,23,25). The largest absolute Gasteiger partial charge is 0.461 e. The van der Waals surface area contributed by atoms with Gasteiger partial charge in [0.25, 0.3) is 5.91 Å². The molecule has 0 aliphatic heterocycles. The molecular weight excluding hydrogens is 347 g/mol. The summed E-state index contributed by atoms with van der Waals surface area (Å²) in [5, 5.41) is 2.63. The molecular formula is C19H18F3NO3. The molecule has 0 atom stereocenters. The highest BCUT2D eigenvalue weighted by Crippen LogP contribution is 2.29. The first-order valence-corrected chi connectivity index (χ1v) is 7.93. The zero-order valence-corrected chi connectivity index (χ0v) is 14.1. The van der Waals surface area contributed by atoms with Gasteiger partial charge >= 0.3 is 12.1 Å². The third-order valence-electron chi connectivity index (χ3n) is 3.69. The van der Waals surface area contributed by atoms with E-state index in [1.807, 2.05) is 19.1 Å². The summed E-state index contributed by atoms with van der Waals surface area (Å²) in [6.45, 7) is 1.80. The van der Waals surface area contributed by atoms with E-state index in [1.54, 1.807) is 12.1 Å². The van der Waals surface area contributed by atoms with Crippen LogP contribution in [0.15, 0.2) is 48.5 Å². The van der Waals surface area contributed by atoms with Crippen molar-refractivity contribution in [3.63, 3.8) is 0 Å². The van der Waals surface area contributed by atoms with Crippen molar-refractivity contribution in [2.45, 2.75) is 26.1 Å². The first-order valence-electron chi connectivity index (χ1n) is 7.93. The van der Waals surface area contributed by atoms with Crippen LogP contribution in [0.3, 0.4) is 0 Å². The van der Waals surface area contributed by atoms with E-state index in [4.69, 9.17) is 4.74 Å². The van der Waals surface area contributed by atoms with Crippen molar-refractivity contribution in [1.29, 1.82) is 0 Å². The van der Waals surface area contributed by atoms with Crippen LogP contribution in [0, 0.1) is 6.92 Å². The van der Waals surface area contributed by atoms with E-state index in [0.29, 0.717) is 11.1 Å². The number of rotatable bonds is 6. The molecule has 2 aromatic carbocycles. The first-order chi connectivity index (χ1) is 12.3. The minimum Gasteiger partial charge on any atom is -0.461 e. The quantitative estimate of drug-likeness (QED) is 0.791. The molecule has 0 saturated carbocycles. The SMILES string of the molecule is Cc1ccccc1C(=O)NCCC(=O)OCc1ccc(C(F)(F)F)cc1. The maximum Gasteiger partial charge on any atom is 0.416 e. The van der Waals surface area contributed by atoms with Crippen molar-refractivity contribution in [3.8, 4) is 0 Å². The number of aryl methyl sites for hydroxylation is 1. The van der Waals surface area contributed by atoms with E-state index in [2.05, 4.69) is 5.32 Å². The molecule has 2 aromatic rings. The number of carbonyl (C=O) groups is 2. The summed E-state index contributed by atoms with van der Waals surface area (Å²) in [7, 11) is 0. The van der Waals surface area contributed by atoms with Crippen LogP contribution in [0.1, 0.15) is 33.5 Å². The van der Waals surface area contributed by atoms with Gasteiger partial charge in [0.1, 0.15) is 6.61 Å². The molecule has 0 aliphatic rings. The molecule has 0 unspecified atom stereocenters. The van der Waals surface area contributed by atoms with Crippen LogP contribution in [0.5, 0.6) is 0 Å². The summed E-state index contributed by atoms with van der Waals surface area (Å²) in [5.41, 5.74) is 1.06. The Morgan fingerprint density at radius 3 is 2.31 bits per heavy atom. The number of amides is 1. The molecule has 1 N–H and O–H groups in total. The third kappa shape index (κ3) is 5.61. The number of nitrogens with one attached hydrogen (secondary N) is 1. The van der Waals surface area contributed by atoms with Crippen molar-refractivity contribution in [2.75, 3.05) is 6.54 Å². The number of carbonyl (C=O) groups excluding carboxylic acids is 2. The second kappa shape index (κ2) is 8.51. The smallest absolute Gasteiger partial charge is 0.416 e. The van der Waals surface area contributed by atoms with Crippen LogP contribution < -0.4 is 5.32 Å². The van der Waals surface area contributed by atoms with Gasteiger partial charge in [0, 0.05) is 12.1 Å². The zero-order chi connectivity index (χ0) is 19.2. The Hall–Kier alpha value is -2.83. The Morgan fingerprint density at radius 2 is 1.69 bits per heavy atom. The molecule has 0 fully saturated rings. The molecule has 0 spiro atoms. The molecule has 0 heterocycles. The van der Waals surface area contributed by atoms with E-state index in [9.17, 15) is 22.8 Å². The fraction of sp³-hybridized carbons (Fsp3) is 0.263. The van der Waals surface area contributed by atoms with Crippen LogP contribution in [-0.4, -0.2) is 18.4 Å². The van der Waals surface area contributed by atoms with E-state index in [-0.39, 0.29) is 25.5 Å². The van der Waals surface area contributed by atoms with Crippen molar-refractivity contribution in [1.82, 2.24) is 5.32 Å². The minimum absolute atomic E-state index is 0.0295. The number of ether oxygens (including phenoxy) is 1. The van der Waals surface area contributed by atoms with Crippen LogP contribution in [0.2, 0.25) is 0 Å². The molecule has 4 nitrogen and oxygen atoms in total. The van der Waals surface area contributed by atoms with Crippen LogP contribution in [0.25, 0.3) is 0 Å². The summed E-state index contributed by atoms with van der Waals surface area (Å²) in [5.74, 6) is -0.825. The molecule has 1 amide bonds. The minimum atomic E-state index is -4.40. The van der Waals surface area contributed by atoms with Gasteiger partial charge in [0.15, 0.2) is 0 Å². The van der Waals surface area contributed by atoms with Gasteiger partial charge in [0.05, 0.1) is 12.0 Å². The first kappa shape index (κ1) is 19.5. The summed E-state index contributed by atoms with van der Waals surface area (Å²) < 4.78 is 42.4. The highest BCUT2D eigenvalue weighted by molar-refractivity contribution is 5.95. The number of esters is 1. The molecule has 2 rings (SSSR count). The molecule has 26 heavy (non-hydrogen) atoms. The summed E-state index contributed by atoms with van der Waals surface area (Å²) in [6.07, 6.45) is -4.43. The van der Waals surface area contributed by atoms with Gasteiger partial charge in [0.2, 0.25) is 0 Å². The molecule has 0 radical (unpaired) electrons. The highest BCUT2D eigenvalue weighted by Gasteiger charge is 2.29. The lowest BCUT2D eigenvalue weighted by Crippen LogP contribution is -2.27. The van der Waals surface area contributed by atoms with Gasteiger partial charge in [-0.2, -0.15) is 13.2 Å². The lowest BCUT2D eigenvalue weighted by Gasteiger charge is -2.09. The number of hydrogen-bond donors (Lipinski definition) is 1. The van der Waals surface area contributed by atoms with E-state index >= 15 is 0 Å². The topological polar surface area (TPSA) is 55.4 Å². The van der Waals surface area contributed by atoms with E-state index in [0.717, 1.165) is 17.7 Å². The monoisotopic (exact) mass is 365 g/mol. The number of hydrogen-bond acceptors (Lipinski definition) is 3. The fourth-order valence-corrected chi connectivity index (χ4v) is 2.23. The Bertz CT molecular complexity index is 770. The van der Waals surface area contributed by atoms with E-state index < -0.39 is 17.7 Å². The average molecular weight is 365 g/mol. The van der Waals surface area contributed by atoms with Crippen LogP contribution in [-0.2, 0) is 22.3 Å². The van der Waals surface area contributed by atoms with Gasteiger partial charge in [-0.15, -0.1) is 0 Å². The molecule has 138 valence electrons. The van der Waals surface area contributed by atoms with Crippen molar-refractivity contribution < 1.29 is 27.5 Å². The van der Waals surface area contributed by atoms with Gasteiger partial charge in [-0.3, -0.25) is 9.59 Å². The summed E-state index contributed by atoms with van der Waals surface area (Å²) >= 11 is 0. The molecule has 0 aliphatic carbocycles. The fourth-order valence-electron chi connectivity index (χ4n) is 2.23. The second-order valence-corrected chi connectivity index (χ2v) is 5.68. The van der Waals surface area contributed by atoms with Gasteiger partial charge in [-0.25, -0.2) is 0 Å². The molecule has 0 bridgehead atoms. The average Bonchev–Trinajstić information content (AvgIpc) is 2.60. The lowest BCUT2D eigenvalue weighted by molar-refractivity contribution is -0.145. The maximum atomic E-state index is 12.5. The Kier molecular flexibility index (Phi) is 6.38. The van der Waals surface area contributed by atoms with Crippen molar-refractivity contribution in [2.24, 2.45) is 0 Å². The van der Waals surface area contributed by atoms with Crippen molar-refractivity contribution in [3.05, 3.63) is 70.8 Å². The van der Waals surface area contributed by atoms with Gasteiger partial charge in [-0.1, -0.05) is 30.3 Å². The number of benzene rings is 2. The van der Waals surface area contributed by atoms with Crippen molar-refractivity contribution >= 4 is 11.9 Å². The summed E-state index contributed by atoms with van der Waals surface area (Å²) in [4.78, 5) is 23.7. The van der Waals surface area contributed by atoms with Gasteiger partial charge < -0.3 is 10.1 Å². The van der Waals surface area contributed by atoms with Gasteiger partial charge in [-0.05, 0) is 36.2 Å². The lowest BCUT2D eigenvalue weighted by atomic mass is 10.1. The third-order valence-corrected chi connectivity index (χ3v) is 3.69. The predicted octanol–water partition coefficient (Wildman–Crippen LogP) is 3.88. The number of halogens is 3. The maximum absolute atomic E-state index is 12.5. The highest BCUT2D eigenvalue weighted by atomic mass is 19.4. The Morgan fingerprint density at radius 1 is 1.04 bits per heavy atom. The Balaban J connectivity index is 1.74. The number of alkyl halides is 3. The molecule has 7 heteroatoms.